The van der Waals surface area contributed by atoms with Crippen molar-refractivity contribution in [3.63, 3.8) is 0 Å². The van der Waals surface area contributed by atoms with Crippen molar-refractivity contribution < 1.29 is 18.0 Å². The molecule has 0 aromatic carbocycles. The molecule has 8 heteroatoms. The first kappa shape index (κ1) is 17.0. The number of amides is 1. The Morgan fingerprint density at radius 2 is 2.04 bits per heavy atom. The molecule has 2 aliphatic heterocycles. The van der Waals surface area contributed by atoms with Crippen LogP contribution in [-0.4, -0.2) is 68.8 Å². The molecule has 0 spiro atoms. The highest BCUT2D eigenvalue weighted by Crippen LogP contribution is 2.45. The van der Waals surface area contributed by atoms with Gasteiger partial charge in [0.25, 0.3) is 0 Å². The van der Waals surface area contributed by atoms with E-state index in [4.69, 9.17) is 0 Å². The van der Waals surface area contributed by atoms with Crippen LogP contribution in [0.15, 0.2) is 0 Å². The Labute approximate surface area is 134 Å². The highest BCUT2D eigenvalue weighted by Gasteiger charge is 2.52. The number of rotatable bonds is 4. The van der Waals surface area contributed by atoms with Crippen molar-refractivity contribution in [2.45, 2.75) is 31.5 Å². The molecule has 3 aliphatic rings. The number of halogens is 3. The van der Waals surface area contributed by atoms with Gasteiger partial charge in [0.15, 0.2) is 0 Å². The van der Waals surface area contributed by atoms with Crippen molar-refractivity contribution in [3.8, 4) is 0 Å². The zero-order valence-corrected chi connectivity index (χ0v) is 13.2. The molecule has 3 atom stereocenters. The number of carbonyl (C=O) groups is 1. The molecule has 5 nitrogen and oxygen atoms in total. The van der Waals surface area contributed by atoms with E-state index in [9.17, 15) is 18.0 Å². The summed E-state index contributed by atoms with van der Waals surface area (Å²) >= 11 is 0. The quantitative estimate of drug-likeness (QED) is 0.694. The fourth-order valence-corrected chi connectivity index (χ4v) is 4.33. The van der Waals surface area contributed by atoms with E-state index < -0.39 is 17.6 Å². The van der Waals surface area contributed by atoms with Crippen molar-refractivity contribution in [2.75, 3.05) is 45.8 Å². The lowest BCUT2D eigenvalue weighted by Crippen LogP contribution is -2.58. The summed E-state index contributed by atoms with van der Waals surface area (Å²) in [4.78, 5) is 14.0. The zero-order chi connectivity index (χ0) is 16.5. The Hall–Kier alpha value is -0.860. The maximum Gasteiger partial charge on any atom is 0.405 e. The van der Waals surface area contributed by atoms with E-state index in [0.29, 0.717) is 32.7 Å². The van der Waals surface area contributed by atoms with Crippen LogP contribution in [0.1, 0.15) is 19.3 Å². The number of carbonyl (C=O) groups excluding carboxylic acids is 1. The third kappa shape index (κ3) is 3.34. The summed E-state index contributed by atoms with van der Waals surface area (Å²) in [5.41, 5.74) is -0.487. The van der Waals surface area contributed by atoms with Crippen LogP contribution in [0, 0.1) is 11.3 Å². The minimum atomic E-state index is -4.33. The first-order valence-corrected chi connectivity index (χ1v) is 8.44. The van der Waals surface area contributed by atoms with Gasteiger partial charge in [-0.25, -0.2) is 0 Å². The smallest absolute Gasteiger partial charge is 0.354 e. The van der Waals surface area contributed by atoms with Gasteiger partial charge in [-0.1, -0.05) is 6.42 Å². The lowest BCUT2D eigenvalue weighted by molar-refractivity contribution is -0.184. The summed E-state index contributed by atoms with van der Waals surface area (Å²) in [6.07, 6.45) is -1.58. The molecule has 2 saturated heterocycles. The second-order valence-corrected chi connectivity index (χ2v) is 6.93. The van der Waals surface area contributed by atoms with E-state index in [1.807, 2.05) is 0 Å². The molecule has 1 aliphatic carbocycles. The van der Waals surface area contributed by atoms with E-state index in [1.165, 1.54) is 4.90 Å². The van der Waals surface area contributed by atoms with Gasteiger partial charge in [-0.05, 0) is 25.3 Å². The van der Waals surface area contributed by atoms with Crippen molar-refractivity contribution in [1.29, 1.82) is 0 Å². The molecule has 1 amide bonds. The number of piperazine rings is 1. The second kappa shape index (κ2) is 6.57. The van der Waals surface area contributed by atoms with Crippen LogP contribution in [0.5, 0.6) is 0 Å². The van der Waals surface area contributed by atoms with Gasteiger partial charge in [-0.15, -0.1) is 0 Å². The summed E-state index contributed by atoms with van der Waals surface area (Å²) in [6.45, 7) is 2.86. The van der Waals surface area contributed by atoms with Crippen molar-refractivity contribution in [1.82, 2.24) is 20.9 Å². The number of nitrogens with one attached hydrogen (secondary N) is 3. The molecule has 1 unspecified atom stereocenters. The highest BCUT2D eigenvalue weighted by molar-refractivity contribution is 5.84. The normalized spacial score (nSPS) is 33.4. The number of nitrogens with zero attached hydrogens (tertiary/aromatic N) is 1. The molecule has 0 radical (unpaired) electrons. The Bertz CT molecular complexity index is 427. The van der Waals surface area contributed by atoms with Gasteiger partial charge < -0.3 is 16.0 Å². The van der Waals surface area contributed by atoms with Gasteiger partial charge in [0.1, 0.15) is 6.04 Å². The van der Waals surface area contributed by atoms with E-state index in [-0.39, 0.29) is 18.4 Å². The molecule has 0 aromatic heterocycles. The highest BCUT2D eigenvalue weighted by atomic mass is 19.4. The SMILES string of the molecule is O=C(NCC(N1CCNCC1)C(F)(F)F)[C@@]12CCC[C@@H]1CNC2. The first-order chi connectivity index (χ1) is 10.9. The molecule has 3 rings (SSSR count). The van der Waals surface area contributed by atoms with E-state index in [1.54, 1.807) is 0 Å². The molecule has 1 saturated carbocycles. The number of hydrogen-bond donors (Lipinski definition) is 3. The average Bonchev–Trinajstić information content (AvgIpc) is 3.07. The van der Waals surface area contributed by atoms with Crippen molar-refractivity contribution in [3.05, 3.63) is 0 Å². The number of hydrogen-bond acceptors (Lipinski definition) is 4. The maximum atomic E-state index is 13.4. The maximum absolute atomic E-state index is 13.4. The minimum Gasteiger partial charge on any atom is -0.354 e. The Morgan fingerprint density at radius 3 is 2.74 bits per heavy atom. The van der Waals surface area contributed by atoms with Gasteiger partial charge in [0, 0.05) is 39.3 Å². The molecule has 2 heterocycles. The molecular formula is C15H25F3N4O. The van der Waals surface area contributed by atoms with Crippen LogP contribution < -0.4 is 16.0 Å². The molecule has 23 heavy (non-hydrogen) atoms. The monoisotopic (exact) mass is 334 g/mol. The summed E-state index contributed by atoms with van der Waals surface area (Å²) < 4.78 is 40.1. The predicted octanol–water partition coefficient (Wildman–Crippen LogP) is 0.328. The van der Waals surface area contributed by atoms with Gasteiger partial charge >= 0.3 is 6.18 Å². The fourth-order valence-electron chi connectivity index (χ4n) is 4.33. The summed E-state index contributed by atoms with van der Waals surface area (Å²) in [7, 11) is 0. The van der Waals surface area contributed by atoms with Crippen LogP contribution in [0.25, 0.3) is 0 Å². The molecule has 132 valence electrons. The largest absolute Gasteiger partial charge is 0.405 e. The minimum absolute atomic E-state index is 0.200. The molecule has 0 aromatic rings. The zero-order valence-electron chi connectivity index (χ0n) is 13.2. The Kier molecular flexibility index (Phi) is 4.85. The lowest BCUT2D eigenvalue weighted by atomic mass is 9.80. The van der Waals surface area contributed by atoms with E-state index in [2.05, 4.69) is 16.0 Å². The lowest BCUT2D eigenvalue weighted by Gasteiger charge is -2.37. The Balaban J connectivity index is 1.63. The van der Waals surface area contributed by atoms with Gasteiger partial charge in [0.2, 0.25) is 5.91 Å². The predicted molar refractivity (Wildman–Crippen MR) is 79.9 cm³/mol. The average molecular weight is 334 g/mol. The first-order valence-electron chi connectivity index (χ1n) is 8.44. The summed E-state index contributed by atoms with van der Waals surface area (Å²) in [5, 5.41) is 8.91. The van der Waals surface area contributed by atoms with Gasteiger partial charge in [0.05, 0.1) is 5.41 Å². The molecule has 3 fully saturated rings. The van der Waals surface area contributed by atoms with Gasteiger partial charge in [-0.3, -0.25) is 9.69 Å². The van der Waals surface area contributed by atoms with Crippen LogP contribution in [0.3, 0.4) is 0 Å². The molecular weight excluding hydrogens is 309 g/mol. The van der Waals surface area contributed by atoms with Crippen LogP contribution in [0.4, 0.5) is 13.2 Å². The molecule has 3 N–H and O–H groups in total. The van der Waals surface area contributed by atoms with E-state index in [0.717, 1.165) is 25.8 Å². The summed E-state index contributed by atoms with van der Waals surface area (Å²) in [6, 6.07) is -1.60. The van der Waals surface area contributed by atoms with Crippen molar-refractivity contribution in [2.24, 2.45) is 11.3 Å². The Morgan fingerprint density at radius 1 is 1.30 bits per heavy atom. The topological polar surface area (TPSA) is 56.4 Å². The second-order valence-electron chi connectivity index (χ2n) is 6.93. The number of fused-ring (bicyclic) bond motifs is 1. The van der Waals surface area contributed by atoms with E-state index >= 15 is 0 Å². The summed E-state index contributed by atoms with van der Waals surface area (Å²) in [5.74, 6) is 0.0698. The van der Waals surface area contributed by atoms with Crippen LogP contribution in [-0.2, 0) is 4.79 Å². The van der Waals surface area contributed by atoms with Crippen LogP contribution >= 0.6 is 0 Å². The van der Waals surface area contributed by atoms with Crippen LogP contribution in [0.2, 0.25) is 0 Å². The van der Waals surface area contributed by atoms with Crippen molar-refractivity contribution >= 4 is 5.91 Å². The molecule has 0 bridgehead atoms. The fraction of sp³-hybridized carbons (Fsp3) is 0.933. The third-order valence-corrected chi connectivity index (χ3v) is 5.67. The third-order valence-electron chi connectivity index (χ3n) is 5.67. The standard InChI is InChI=1S/C15H25F3N4O/c16-15(17,18)12(22-6-4-19-5-7-22)9-21-13(23)14-3-1-2-11(14)8-20-10-14/h11-12,19-20H,1-10H2,(H,21,23)/t11-,12?,14-/m1/s1. The number of alkyl halides is 3. The van der Waals surface area contributed by atoms with Gasteiger partial charge in [-0.2, -0.15) is 13.2 Å².